The Bertz CT molecular complexity index is 325. The van der Waals surface area contributed by atoms with Gasteiger partial charge < -0.3 is 10.1 Å². The first-order valence-corrected chi connectivity index (χ1v) is 5.85. The third-order valence-electron chi connectivity index (χ3n) is 3.31. The van der Waals surface area contributed by atoms with Crippen molar-refractivity contribution in [3.63, 3.8) is 0 Å². The highest BCUT2D eigenvalue weighted by atomic mass is 19.1. The zero-order valence-electron chi connectivity index (χ0n) is 9.58. The maximum Gasteiger partial charge on any atom is 0.123 e. The largest absolute Gasteiger partial charge is 0.493 e. The van der Waals surface area contributed by atoms with Crippen LogP contribution in [0.5, 0.6) is 5.75 Å². The SMILES string of the molecule is CN[C@H]1CCC[C@@H]1COc1ccc(F)cc1. The van der Waals surface area contributed by atoms with E-state index in [0.29, 0.717) is 12.0 Å². The first kappa shape index (κ1) is 11.4. The summed E-state index contributed by atoms with van der Waals surface area (Å²) in [6, 6.07) is 6.79. The summed E-state index contributed by atoms with van der Waals surface area (Å²) >= 11 is 0. The summed E-state index contributed by atoms with van der Waals surface area (Å²) in [6.07, 6.45) is 3.71. The van der Waals surface area contributed by atoms with Crippen LogP contribution in [0.4, 0.5) is 4.39 Å². The second kappa shape index (κ2) is 5.30. The van der Waals surface area contributed by atoms with Crippen molar-refractivity contribution in [2.75, 3.05) is 13.7 Å². The molecule has 0 saturated heterocycles. The summed E-state index contributed by atoms with van der Waals surface area (Å²) in [7, 11) is 2.00. The van der Waals surface area contributed by atoms with Crippen LogP contribution in [0.3, 0.4) is 0 Å². The van der Waals surface area contributed by atoms with Gasteiger partial charge in [-0.2, -0.15) is 0 Å². The summed E-state index contributed by atoms with van der Waals surface area (Å²) in [6.45, 7) is 0.719. The summed E-state index contributed by atoms with van der Waals surface area (Å²) in [5, 5.41) is 3.32. The molecule has 1 saturated carbocycles. The van der Waals surface area contributed by atoms with E-state index in [1.807, 2.05) is 7.05 Å². The maximum atomic E-state index is 12.7. The molecule has 1 aromatic rings. The highest BCUT2D eigenvalue weighted by Gasteiger charge is 2.26. The number of ether oxygens (including phenoxy) is 1. The van der Waals surface area contributed by atoms with Gasteiger partial charge in [0.05, 0.1) is 6.61 Å². The number of hydrogen-bond donors (Lipinski definition) is 1. The molecule has 0 heterocycles. The molecule has 0 amide bonds. The van der Waals surface area contributed by atoms with E-state index in [0.717, 1.165) is 12.4 Å². The lowest BCUT2D eigenvalue weighted by atomic mass is 10.1. The van der Waals surface area contributed by atoms with E-state index < -0.39 is 0 Å². The Morgan fingerprint density at radius 3 is 2.75 bits per heavy atom. The average Bonchev–Trinajstić information content (AvgIpc) is 2.76. The maximum absolute atomic E-state index is 12.7. The molecule has 1 N–H and O–H groups in total. The molecule has 0 aliphatic heterocycles. The lowest BCUT2D eigenvalue weighted by molar-refractivity contribution is 0.229. The van der Waals surface area contributed by atoms with Crippen LogP contribution in [0.25, 0.3) is 0 Å². The molecule has 0 bridgehead atoms. The van der Waals surface area contributed by atoms with E-state index in [-0.39, 0.29) is 5.82 Å². The second-order valence-corrected chi connectivity index (χ2v) is 4.35. The number of rotatable bonds is 4. The first-order valence-electron chi connectivity index (χ1n) is 5.85. The van der Waals surface area contributed by atoms with E-state index in [9.17, 15) is 4.39 Å². The van der Waals surface area contributed by atoms with Crippen LogP contribution in [0, 0.1) is 11.7 Å². The Labute approximate surface area is 95.8 Å². The van der Waals surface area contributed by atoms with Crippen LogP contribution in [0.1, 0.15) is 19.3 Å². The monoisotopic (exact) mass is 223 g/mol. The van der Waals surface area contributed by atoms with Crippen molar-refractivity contribution in [3.05, 3.63) is 30.1 Å². The van der Waals surface area contributed by atoms with Gasteiger partial charge in [0, 0.05) is 12.0 Å². The fraction of sp³-hybridized carbons (Fsp3) is 0.538. The minimum Gasteiger partial charge on any atom is -0.493 e. The minimum absolute atomic E-state index is 0.221. The van der Waals surface area contributed by atoms with Crippen LogP contribution in [0.15, 0.2) is 24.3 Å². The number of halogens is 1. The predicted octanol–water partition coefficient (Wildman–Crippen LogP) is 2.59. The smallest absolute Gasteiger partial charge is 0.123 e. The molecule has 2 nitrogen and oxygen atoms in total. The molecule has 1 aliphatic carbocycles. The quantitative estimate of drug-likeness (QED) is 0.847. The van der Waals surface area contributed by atoms with Gasteiger partial charge in [0.2, 0.25) is 0 Å². The van der Waals surface area contributed by atoms with E-state index in [2.05, 4.69) is 5.32 Å². The van der Waals surface area contributed by atoms with Crippen molar-refractivity contribution in [2.45, 2.75) is 25.3 Å². The Hall–Kier alpha value is -1.09. The van der Waals surface area contributed by atoms with Gasteiger partial charge in [0.15, 0.2) is 0 Å². The van der Waals surface area contributed by atoms with Crippen molar-refractivity contribution in [1.82, 2.24) is 5.32 Å². The molecule has 0 unspecified atom stereocenters. The van der Waals surface area contributed by atoms with Gasteiger partial charge in [-0.25, -0.2) is 4.39 Å². The Morgan fingerprint density at radius 1 is 1.31 bits per heavy atom. The summed E-state index contributed by atoms with van der Waals surface area (Å²) in [5.41, 5.74) is 0. The molecule has 0 radical (unpaired) electrons. The second-order valence-electron chi connectivity index (χ2n) is 4.35. The van der Waals surface area contributed by atoms with Crippen LogP contribution in [-0.2, 0) is 0 Å². The zero-order chi connectivity index (χ0) is 11.4. The van der Waals surface area contributed by atoms with E-state index in [1.165, 1.54) is 31.4 Å². The van der Waals surface area contributed by atoms with E-state index in [1.54, 1.807) is 12.1 Å². The standard InChI is InChI=1S/C13H18FNO/c1-15-13-4-2-3-10(13)9-16-12-7-5-11(14)6-8-12/h5-8,10,13,15H,2-4,9H2,1H3/t10-,13+/m1/s1. The Balaban J connectivity index is 1.85. The summed E-state index contributed by atoms with van der Waals surface area (Å²) < 4.78 is 18.3. The highest BCUT2D eigenvalue weighted by molar-refractivity contribution is 5.22. The van der Waals surface area contributed by atoms with E-state index >= 15 is 0 Å². The van der Waals surface area contributed by atoms with Gasteiger partial charge in [-0.3, -0.25) is 0 Å². The highest BCUT2D eigenvalue weighted by Crippen LogP contribution is 2.26. The van der Waals surface area contributed by atoms with Gasteiger partial charge in [-0.05, 0) is 44.2 Å². The van der Waals surface area contributed by atoms with Crippen molar-refractivity contribution >= 4 is 0 Å². The third kappa shape index (κ3) is 2.73. The predicted molar refractivity (Wildman–Crippen MR) is 62.1 cm³/mol. The molecule has 16 heavy (non-hydrogen) atoms. The molecule has 88 valence electrons. The van der Waals surface area contributed by atoms with Crippen LogP contribution in [-0.4, -0.2) is 19.7 Å². The van der Waals surface area contributed by atoms with Crippen LogP contribution < -0.4 is 10.1 Å². The lowest BCUT2D eigenvalue weighted by Crippen LogP contribution is -2.32. The molecule has 3 heteroatoms. The molecule has 2 atom stereocenters. The van der Waals surface area contributed by atoms with Crippen molar-refractivity contribution in [1.29, 1.82) is 0 Å². The minimum atomic E-state index is -0.221. The fourth-order valence-electron chi connectivity index (χ4n) is 2.35. The van der Waals surface area contributed by atoms with Gasteiger partial charge in [0.1, 0.15) is 11.6 Å². The number of hydrogen-bond acceptors (Lipinski definition) is 2. The summed E-state index contributed by atoms with van der Waals surface area (Å²) in [5.74, 6) is 1.11. The number of benzene rings is 1. The van der Waals surface area contributed by atoms with Gasteiger partial charge in [0.25, 0.3) is 0 Å². The first-order chi connectivity index (χ1) is 7.79. The lowest BCUT2D eigenvalue weighted by Gasteiger charge is -2.19. The summed E-state index contributed by atoms with van der Waals surface area (Å²) in [4.78, 5) is 0. The molecule has 0 spiro atoms. The molecular weight excluding hydrogens is 205 g/mol. The molecule has 2 rings (SSSR count). The molecule has 0 aromatic heterocycles. The van der Waals surface area contributed by atoms with Crippen LogP contribution in [0.2, 0.25) is 0 Å². The molecular formula is C13H18FNO. The topological polar surface area (TPSA) is 21.3 Å². The Kier molecular flexibility index (Phi) is 3.78. The number of nitrogens with one attached hydrogen (secondary N) is 1. The van der Waals surface area contributed by atoms with Gasteiger partial charge in [-0.1, -0.05) is 6.42 Å². The van der Waals surface area contributed by atoms with Crippen LogP contribution >= 0.6 is 0 Å². The van der Waals surface area contributed by atoms with Crippen molar-refractivity contribution in [2.24, 2.45) is 5.92 Å². The molecule has 1 fully saturated rings. The molecule has 1 aliphatic rings. The third-order valence-corrected chi connectivity index (χ3v) is 3.31. The molecule has 1 aromatic carbocycles. The Morgan fingerprint density at radius 2 is 2.06 bits per heavy atom. The fourth-order valence-corrected chi connectivity index (χ4v) is 2.35. The van der Waals surface area contributed by atoms with Crippen molar-refractivity contribution < 1.29 is 9.13 Å². The van der Waals surface area contributed by atoms with E-state index in [4.69, 9.17) is 4.74 Å². The van der Waals surface area contributed by atoms with Crippen molar-refractivity contribution in [3.8, 4) is 5.75 Å². The zero-order valence-corrected chi connectivity index (χ0v) is 9.58. The van der Waals surface area contributed by atoms with Gasteiger partial charge in [-0.15, -0.1) is 0 Å². The average molecular weight is 223 g/mol. The normalized spacial score (nSPS) is 24.6. The van der Waals surface area contributed by atoms with Gasteiger partial charge >= 0.3 is 0 Å².